The first-order chi connectivity index (χ1) is 7.81. The number of hydrogen-bond acceptors (Lipinski definition) is 5. The summed E-state index contributed by atoms with van der Waals surface area (Å²) in [5.41, 5.74) is 6.61. The number of rotatable bonds is 4. The fourth-order valence-corrected chi connectivity index (χ4v) is 2.01. The Balaban J connectivity index is 2.24. The van der Waals surface area contributed by atoms with E-state index in [9.17, 15) is 0 Å². The van der Waals surface area contributed by atoms with Crippen LogP contribution in [0, 0.1) is 0 Å². The highest BCUT2D eigenvalue weighted by molar-refractivity contribution is 7.99. The van der Waals surface area contributed by atoms with E-state index in [4.69, 9.17) is 10.5 Å². The maximum absolute atomic E-state index is 5.98. The lowest BCUT2D eigenvalue weighted by Gasteiger charge is -2.09. The van der Waals surface area contributed by atoms with Gasteiger partial charge in [-0.2, -0.15) is 5.10 Å². The standard InChI is InChI=1S/C10H12N4OS/c1-2-15-7-4-3-5-8(9(7)11)16-10-12-6-13-14-10/h3-6H,2,11H2,1H3,(H,12,13,14). The van der Waals surface area contributed by atoms with Gasteiger partial charge in [0.15, 0.2) is 5.16 Å². The Morgan fingerprint density at radius 3 is 3.06 bits per heavy atom. The maximum Gasteiger partial charge on any atom is 0.188 e. The van der Waals surface area contributed by atoms with Crippen LogP contribution in [0.15, 0.2) is 34.6 Å². The SMILES string of the molecule is CCOc1cccc(Sc2ncn[nH]2)c1N. The van der Waals surface area contributed by atoms with Crippen molar-refractivity contribution in [2.24, 2.45) is 0 Å². The van der Waals surface area contributed by atoms with E-state index in [0.29, 0.717) is 23.2 Å². The lowest BCUT2D eigenvalue weighted by molar-refractivity contribution is 0.341. The van der Waals surface area contributed by atoms with E-state index in [1.54, 1.807) is 0 Å². The Hall–Kier alpha value is -1.69. The smallest absolute Gasteiger partial charge is 0.188 e. The topological polar surface area (TPSA) is 76.8 Å². The van der Waals surface area contributed by atoms with Gasteiger partial charge in [-0.3, -0.25) is 5.10 Å². The molecule has 0 atom stereocenters. The Morgan fingerprint density at radius 2 is 2.38 bits per heavy atom. The van der Waals surface area contributed by atoms with Crippen LogP contribution in [0.25, 0.3) is 0 Å². The van der Waals surface area contributed by atoms with E-state index in [-0.39, 0.29) is 0 Å². The van der Waals surface area contributed by atoms with Crippen molar-refractivity contribution in [1.82, 2.24) is 15.2 Å². The second kappa shape index (κ2) is 4.89. The van der Waals surface area contributed by atoms with Gasteiger partial charge in [0.05, 0.1) is 12.3 Å². The average Bonchev–Trinajstić information content (AvgIpc) is 2.77. The highest BCUT2D eigenvalue weighted by Gasteiger charge is 2.08. The molecule has 0 aliphatic heterocycles. The Kier molecular flexibility index (Phi) is 3.31. The van der Waals surface area contributed by atoms with Crippen molar-refractivity contribution in [2.45, 2.75) is 17.0 Å². The van der Waals surface area contributed by atoms with Crippen molar-refractivity contribution in [1.29, 1.82) is 0 Å². The molecule has 0 saturated carbocycles. The summed E-state index contributed by atoms with van der Waals surface area (Å²) in [4.78, 5) is 4.93. The molecule has 0 saturated heterocycles. The third-order valence-electron chi connectivity index (χ3n) is 1.93. The van der Waals surface area contributed by atoms with Crippen LogP contribution in [-0.4, -0.2) is 21.8 Å². The largest absolute Gasteiger partial charge is 0.492 e. The van der Waals surface area contributed by atoms with Crippen LogP contribution in [0.4, 0.5) is 5.69 Å². The third-order valence-corrected chi connectivity index (χ3v) is 2.89. The predicted molar refractivity (Wildman–Crippen MR) is 62.5 cm³/mol. The van der Waals surface area contributed by atoms with Gasteiger partial charge < -0.3 is 10.5 Å². The molecular formula is C10H12N4OS. The van der Waals surface area contributed by atoms with Crippen molar-refractivity contribution in [3.05, 3.63) is 24.5 Å². The first kappa shape index (κ1) is 10.8. The van der Waals surface area contributed by atoms with Crippen LogP contribution in [0.3, 0.4) is 0 Å². The van der Waals surface area contributed by atoms with Crippen molar-refractivity contribution in [3.63, 3.8) is 0 Å². The molecule has 84 valence electrons. The van der Waals surface area contributed by atoms with Crippen LogP contribution in [0.1, 0.15) is 6.92 Å². The molecule has 16 heavy (non-hydrogen) atoms. The molecular weight excluding hydrogens is 224 g/mol. The third kappa shape index (κ3) is 2.27. The molecule has 1 heterocycles. The lowest BCUT2D eigenvalue weighted by Crippen LogP contribution is -1.98. The minimum Gasteiger partial charge on any atom is -0.492 e. The zero-order valence-electron chi connectivity index (χ0n) is 8.80. The molecule has 0 fully saturated rings. The lowest BCUT2D eigenvalue weighted by atomic mass is 10.3. The van der Waals surface area contributed by atoms with Crippen molar-refractivity contribution in [3.8, 4) is 5.75 Å². The number of hydrogen-bond donors (Lipinski definition) is 2. The Morgan fingerprint density at radius 1 is 1.50 bits per heavy atom. The second-order valence-electron chi connectivity index (χ2n) is 2.99. The van der Waals surface area contributed by atoms with Gasteiger partial charge in [-0.25, -0.2) is 4.98 Å². The minimum absolute atomic E-state index is 0.598. The highest BCUT2D eigenvalue weighted by atomic mass is 32.2. The van der Waals surface area contributed by atoms with E-state index in [1.165, 1.54) is 18.1 Å². The summed E-state index contributed by atoms with van der Waals surface area (Å²) in [6, 6.07) is 5.67. The molecule has 0 radical (unpaired) electrons. The normalized spacial score (nSPS) is 10.3. The van der Waals surface area contributed by atoms with Crippen LogP contribution in [0.5, 0.6) is 5.75 Å². The number of nitrogens with two attached hydrogens (primary N) is 1. The van der Waals surface area contributed by atoms with E-state index in [1.807, 2.05) is 25.1 Å². The number of nitrogen functional groups attached to an aromatic ring is 1. The van der Waals surface area contributed by atoms with Gasteiger partial charge >= 0.3 is 0 Å². The molecule has 0 bridgehead atoms. The maximum atomic E-state index is 5.98. The van der Waals surface area contributed by atoms with E-state index in [2.05, 4.69) is 15.2 Å². The average molecular weight is 236 g/mol. The number of anilines is 1. The van der Waals surface area contributed by atoms with Gasteiger partial charge in [0, 0.05) is 4.90 Å². The molecule has 2 aromatic rings. The number of para-hydroxylation sites is 1. The highest BCUT2D eigenvalue weighted by Crippen LogP contribution is 2.35. The Labute approximate surface area is 97.4 Å². The Bertz CT molecular complexity index is 458. The second-order valence-corrected chi connectivity index (χ2v) is 4.02. The number of nitrogens with one attached hydrogen (secondary N) is 1. The van der Waals surface area contributed by atoms with Gasteiger partial charge in [0.2, 0.25) is 0 Å². The molecule has 1 aromatic carbocycles. The number of nitrogens with zero attached hydrogens (tertiary/aromatic N) is 2. The van der Waals surface area contributed by atoms with E-state index < -0.39 is 0 Å². The van der Waals surface area contributed by atoms with Crippen LogP contribution < -0.4 is 10.5 Å². The number of aromatic amines is 1. The van der Waals surface area contributed by atoms with Gasteiger partial charge in [-0.15, -0.1) is 0 Å². The van der Waals surface area contributed by atoms with Crippen LogP contribution in [0.2, 0.25) is 0 Å². The van der Waals surface area contributed by atoms with Gasteiger partial charge in [-0.1, -0.05) is 6.07 Å². The molecule has 3 N–H and O–H groups in total. The first-order valence-corrected chi connectivity index (χ1v) is 5.67. The monoisotopic (exact) mass is 236 g/mol. The molecule has 0 unspecified atom stereocenters. The van der Waals surface area contributed by atoms with Gasteiger partial charge in [0.25, 0.3) is 0 Å². The van der Waals surface area contributed by atoms with Crippen molar-refractivity contribution < 1.29 is 4.74 Å². The molecule has 6 heteroatoms. The summed E-state index contributed by atoms with van der Waals surface area (Å²) in [7, 11) is 0. The molecule has 0 amide bonds. The first-order valence-electron chi connectivity index (χ1n) is 4.85. The predicted octanol–water partition coefficient (Wildman–Crippen LogP) is 1.94. The number of ether oxygens (including phenoxy) is 1. The summed E-state index contributed by atoms with van der Waals surface area (Å²) < 4.78 is 5.41. The van der Waals surface area contributed by atoms with Crippen LogP contribution >= 0.6 is 11.8 Å². The van der Waals surface area contributed by atoms with Gasteiger partial charge in [-0.05, 0) is 30.8 Å². The van der Waals surface area contributed by atoms with Crippen molar-refractivity contribution in [2.75, 3.05) is 12.3 Å². The molecule has 0 aliphatic rings. The summed E-state index contributed by atoms with van der Waals surface area (Å²) in [5.74, 6) is 0.701. The molecule has 0 spiro atoms. The summed E-state index contributed by atoms with van der Waals surface area (Å²) in [6.07, 6.45) is 1.46. The molecule has 1 aromatic heterocycles. The molecule has 2 rings (SSSR count). The summed E-state index contributed by atoms with van der Waals surface area (Å²) in [6.45, 7) is 2.52. The number of aromatic nitrogens is 3. The fourth-order valence-electron chi connectivity index (χ4n) is 1.24. The summed E-state index contributed by atoms with van der Waals surface area (Å²) in [5, 5.41) is 7.26. The number of H-pyrrole nitrogens is 1. The van der Waals surface area contributed by atoms with Crippen LogP contribution in [-0.2, 0) is 0 Å². The zero-order valence-corrected chi connectivity index (χ0v) is 9.62. The molecule has 0 aliphatic carbocycles. The van der Waals surface area contributed by atoms with E-state index >= 15 is 0 Å². The van der Waals surface area contributed by atoms with Gasteiger partial charge in [0.1, 0.15) is 12.1 Å². The zero-order chi connectivity index (χ0) is 11.4. The fraction of sp³-hybridized carbons (Fsp3) is 0.200. The summed E-state index contributed by atoms with van der Waals surface area (Å²) >= 11 is 1.43. The molecule has 5 nitrogen and oxygen atoms in total. The number of benzene rings is 1. The quantitative estimate of drug-likeness (QED) is 0.793. The minimum atomic E-state index is 0.598. The van der Waals surface area contributed by atoms with Crippen molar-refractivity contribution >= 4 is 17.4 Å². The van der Waals surface area contributed by atoms with E-state index in [0.717, 1.165) is 4.90 Å².